The first-order valence-corrected chi connectivity index (χ1v) is 11.1. The number of nitrogens with zero attached hydrogens (tertiary/aromatic N) is 2. The number of ether oxygens (including phenoxy) is 2. The lowest BCUT2D eigenvalue weighted by Crippen LogP contribution is -2.41. The molecule has 2 amide bonds. The highest BCUT2D eigenvalue weighted by Crippen LogP contribution is 2.35. The third-order valence-corrected chi connectivity index (χ3v) is 6.15. The summed E-state index contributed by atoms with van der Waals surface area (Å²) in [6, 6.07) is 11.0. The van der Waals surface area contributed by atoms with E-state index >= 15 is 0 Å². The maximum absolute atomic E-state index is 12.5. The molecule has 8 heteroatoms. The van der Waals surface area contributed by atoms with Gasteiger partial charge in [0.05, 0.1) is 18.2 Å². The Hall–Kier alpha value is -3.19. The van der Waals surface area contributed by atoms with E-state index in [1.54, 1.807) is 18.1 Å². The van der Waals surface area contributed by atoms with Gasteiger partial charge in [-0.05, 0) is 61.1 Å². The van der Waals surface area contributed by atoms with Crippen molar-refractivity contribution < 1.29 is 18.7 Å². The van der Waals surface area contributed by atoms with Gasteiger partial charge in [0.1, 0.15) is 12.1 Å². The molecule has 5 rings (SSSR count). The molecule has 166 valence electrons. The molecule has 1 aromatic heterocycles. The first-order chi connectivity index (χ1) is 15.6. The van der Waals surface area contributed by atoms with Gasteiger partial charge < -0.3 is 19.2 Å². The predicted octanol–water partition coefficient (Wildman–Crippen LogP) is 5.38. The number of rotatable bonds is 6. The molecule has 1 saturated carbocycles. The van der Waals surface area contributed by atoms with Crippen LogP contribution < -0.4 is 14.8 Å². The van der Waals surface area contributed by atoms with Gasteiger partial charge in [0.2, 0.25) is 5.89 Å². The summed E-state index contributed by atoms with van der Waals surface area (Å²) in [5.74, 6) is 1.86. The fraction of sp³-hybridized carbons (Fsp3) is 0.333. The molecule has 2 heterocycles. The quantitative estimate of drug-likeness (QED) is 0.542. The van der Waals surface area contributed by atoms with Gasteiger partial charge in [0.15, 0.2) is 17.1 Å². The van der Waals surface area contributed by atoms with Crippen molar-refractivity contribution in [1.82, 2.24) is 15.2 Å². The summed E-state index contributed by atoms with van der Waals surface area (Å²) in [6.45, 7) is 0.617. The predicted molar refractivity (Wildman–Crippen MR) is 122 cm³/mol. The van der Waals surface area contributed by atoms with Crippen LogP contribution in [0, 0.1) is 0 Å². The van der Waals surface area contributed by atoms with Crippen LogP contribution in [0.1, 0.15) is 37.1 Å². The van der Waals surface area contributed by atoms with Crippen LogP contribution in [-0.4, -0.2) is 35.7 Å². The number of para-hydroxylation sites is 1. The van der Waals surface area contributed by atoms with Gasteiger partial charge in [-0.25, -0.2) is 9.78 Å². The Bertz CT molecular complexity index is 1180. The number of hydrogen-bond donors (Lipinski definition) is 1. The molecule has 0 unspecified atom stereocenters. The van der Waals surface area contributed by atoms with Crippen molar-refractivity contribution in [3.05, 3.63) is 59.1 Å². The number of oxazole rings is 1. The van der Waals surface area contributed by atoms with Crippen molar-refractivity contribution in [2.24, 2.45) is 0 Å². The molecular weight excluding hydrogens is 430 g/mol. The van der Waals surface area contributed by atoms with Gasteiger partial charge in [0, 0.05) is 12.7 Å². The molecule has 7 nitrogen and oxygen atoms in total. The van der Waals surface area contributed by atoms with Crippen LogP contribution >= 0.6 is 11.6 Å². The maximum atomic E-state index is 12.5. The second-order valence-electron chi connectivity index (χ2n) is 8.03. The topological polar surface area (TPSA) is 76.8 Å². The van der Waals surface area contributed by atoms with Crippen molar-refractivity contribution in [1.29, 1.82) is 0 Å². The molecular formula is C24H24ClN3O4. The zero-order chi connectivity index (χ0) is 22.1. The first kappa shape index (κ1) is 20.7. The fourth-order valence-electron chi connectivity index (χ4n) is 4.19. The molecule has 0 radical (unpaired) electrons. The number of halogens is 1. The van der Waals surface area contributed by atoms with Crippen molar-refractivity contribution >= 4 is 34.3 Å². The van der Waals surface area contributed by atoms with Crippen molar-refractivity contribution in [2.75, 3.05) is 13.7 Å². The molecule has 3 aromatic rings. The van der Waals surface area contributed by atoms with Gasteiger partial charge in [0.25, 0.3) is 0 Å². The third kappa shape index (κ3) is 4.12. The molecule has 0 spiro atoms. The van der Waals surface area contributed by atoms with Gasteiger partial charge in [-0.15, -0.1) is 0 Å². The smallest absolute Gasteiger partial charge is 0.322 e. The Balaban J connectivity index is 1.40. The number of urea groups is 1. The van der Waals surface area contributed by atoms with E-state index in [-0.39, 0.29) is 18.7 Å². The van der Waals surface area contributed by atoms with Crippen LogP contribution in [-0.2, 0) is 6.54 Å². The molecule has 1 aliphatic carbocycles. The highest BCUT2D eigenvalue weighted by atomic mass is 35.5. The summed E-state index contributed by atoms with van der Waals surface area (Å²) in [5, 5.41) is 3.41. The monoisotopic (exact) mass is 453 g/mol. The van der Waals surface area contributed by atoms with E-state index in [9.17, 15) is 4.79 Å². The van der Waals surface area contributed by atoms with E-state index in [2.05, 4.69) is 10.3 Å². The van der Waals surface area contributed by atoms with Gasteiger partial charge in [-0.1, -0.05) is 23.7 Å². The number of carbonyl (C=O) groups excluding carboxylic acids is 1. The number of benzene rings is 2. The standard InChI is InChI=1S/C24H24ClN3O4/c1-30-20-10-9-15(11-21(20)31-17-5-2-3-6-17)16-12-26-24(29)28(13-16)14-22-27-19-8-4-7-18(25)23(19)32-22/h4,7-11,13,17H,2-3,5-6,12,14H2,1H3,(H,26,29). The van der Waals surface area contributed by atoms with Crippen LogP contribution in [0.2, 0.25) is 5.02 Å². The molecule has 0 bridgehead atoms. The summed E-state index contributed by atoms with van der Waals surface area (Å²) >= 11 is 6.18. The average molecular weight is 454 g/mol. The van der Waals surface area contributed by atoms with Crippen LogP contribution in [0.25, 0.3) is 16.7 Å². The Morgan fingerprint density at radius 1 is 1.22 bits per heavy atom. The number of aromatic nitrogens is 1. The van der Waals surface area contributed by atoms with Gasteiger partial charge in [-0.3, -0.25) is 4.90 Å². The lowest BCUT2D eigenvalue weighted by atomic mass is 10.0. The molecule has 1 fully saturated rings. The van der Waals surface area contributed by atoms with Crippen LogP contribution in [0.3, 0.4) is 0 Å². The number of fused-ring (bicyclic) bond motifs is 1. The zero-order valence-corrected chi connectivity index (χ0v) is 18.5. The van der Waals surface area contributed by atoms with E-state index < -0.39 is 0 Å². The minimum Gasteiger partial charge on any atom is -0.493 e. The average Bonchev–Trinajstić information content (AvgIpc) is 3.45. The number of methoxy groups -OCH3 is 1. The highest BCUT2D eigenvalue weighted by molar-refractivity contribution is 6.34. The fourth-order valence-corrected chi connectivity index (χ4v) is 4.40. The number of amides is 2. The molecule has 1 aliphatic heterocycles. The van der Waals surface area contributed by atoms with Crippen molar-refractivity contribution in [2.45, 2.75) is 38.3 Å². The second-order valence-corrected chi connectivity index (χ2v) is 8.43. The normalized spacial score (nSPS) is 16.9. The Labute approximate surface area is 190 Å². The summed E-state index contributed by atoms with van der Waals surface area (Å²) in [7, 11) is 1.64. The SMILES string of the molecule is COc1ccc(C2=CN(Cc3nc4cccc(Cl)c4o3)C(=O)NC2)cc1OC1CCCC1. The zero-order valence-electron chi connectivity index (χ0n) is 17.8. The molecule has 2 aliphatic rings. The first-order valence-electron chi connectivity index (χ1n) is 10.7. The third-order valence-electron chi connectivity index (χ3n) is 5.85. The van der Waals surface area contributed by atoms with Crippen molar-refractivity contribution in [3.8, 4) is 11.5 Å². The number of carbonyl (C=O) groups is 1. The summed E-state index contributed by atoms with van der Waals surface area (Å²) in [6.07, 6.45) is 6.57. The largest absolute Gasteiger partial charge is 0.493 e. The molecule has 0 atom stereocenters. The second kappa shape index (κ2) is 8.74. The molecule has 2 aromatic carbocycles. The minimum atomic E-state index is -0.210. The van der Waals surface area contributed by atoms with Crippen LogP contribution in [0.5, 0.6) is 11.5 Å². The Kier molecular flexibility index (Phi) is 5.66. The van der Waals surface area contributed by atoms with Crippen molar-refractivity contribution in [3.63, 3.8) is 0 Å². The summed E-state index contributed by atoms with van der Waals surface area (Å²) < 4.78 is 17.5. The lowest BCUT2D eigenvalue weighted by Gasteiger charge is -2.25. The van der Waals surface area contributed by atoms with E-state index in [0.29, 0.717) is 34.3 Å². The maximum Gasteiger partial charge on any atom is 0.322 e. The number of nitrogens with one attached hydrogen (secondary N) is 1. The van der Waals surface area contributed by atoms with Crippen LogP contribution in [0.15, 0.2) is 47.0 Å². The summed E-state index contributed by atoms with van der Waals surface area (Å²) in [4.78, 5) is 18.5. The lowest BCUT2D eigenvalue weighted by molar-refractivity contribution is 0.200. The van der Waals surface area contributed by atoms with Gasteiger partial charge >= 0.3 is 6.03 Å². The molecule has 1 N–H and O–H groups in total. The minimum absolute atomic E-state index is 0.196. The van der Waals surface area contributed by atoms with Crippen LogP contribution in [0.4, 0.5) is 4.79 Å². The Morgan fingerprint density at radius 3 is 2.84 bits per heavy atom. The van der Waals surface area contributed by atoms with E-state index in [0.717, 1.165) is 29.7 Å². The van der Waals surface area contributed by atoms with Gasteiger partial charge in [-0.2, -0.15) is 0 Å². The highest BCUT2D eigenvalue weighted by Gasteiger charge is 2.23. The molecule has 0 saturated heterocycles. The molecule has 32 heavy (non-hydrogen) atoms. The van der Waals surface area contributed by atoms with E-state index in [4.69, 9.17) is 25.5 Å². The Morgan fingerprint density at radius 2 is 2.06 bits per heavy atom. The summed E-state index contributed by atoms with van der Waals surface area (Å²) in [5.41, 5.74) is 3.11. The van der Waals surface area contributed by atoms with E-state index in [1.165, 1.54) is 12.8 Å². The number of hydrogen-bond acceptors (Lipinski definition) is 5. The van der Waals surface area contributed by atoms with E-state index in [1.807, 2.05) is 36.5 Å².